The van der Waals surface area contributed by atoms with E-state index in [0.29, 0.717) is 11.7 Å². The van der Waals surface area contributed by atoms with Gasteiger partial charge in [0.25, 0.3) is 0 Å². The zero-order chi connectivity index (χ0) is 10.8. The van der Waals surface area contributed by atoms with Crippen LogP contribution in [0, 0.1) is 0 Å². The first-order valence-electron chi connectivity index (χ1n) is 4.66. The van der Waals surface area contributed by atoms with E-state index in [1.807, 2.05) is 19.9 Å². The van der Waals surface area contributed by atoms with Crippen molar-refractivity contribution in [2.24, 2.45) is 0 Å². The van der Waals surface area contributed by atoms with E-state index in [1.165, 1.54) is 6.33 Å². The molecule has 0 aliphatic heterocycles. The topological polar surface area (TPSA) is 82.5 Å². The lowest BCUT2D eigenvalue weighted by molar-refractivity contribution is 0.788. The second-order valence-corrected chi connectivity index (χ2v) is 3.50. The summed E-state index contributed by atoms with van der Waals surface area (Å²) >= 11 is 0. The monoisotopic (exact) mass is 204 g/mol. The van der Waals surface area contributed by atoms with Crippen LogP contribution >= 0.6 is 0 Å². The van der Waals surface area contributed by atoms with Crippen molar-refractivity contribution in [3.63, 3.8) is 0 Å². The SMILES string of the molecule is CC(C)c1cc(-n2cncn2)nc(N)n1. The molecule has 6 nitrogen and oxygen atoms in total. The van der Waals surface area contributed by atoms with Crippen LogP contribution < -0.4 is 5.73 Å². The largest absolute Gasteiger partial charge is 0.368 e. The lowest BCUT2D eigenvalue weighted by Gasteiger charge is -2.07. The Morgan fingerprint density at radius 2 is 2.13 bits per heavy atom. The standard InChI is InChI=1S/C9H12N6/c1-6(2)7-3-8(14-9(10)13-7)15-5-11-4-12-15/h3-6H,1-2H3,(H2,10,13,14). The molecule has 2 heterocycles. The van der Waals surface area contributed by atoms with Crippen LogP contribution in [0.2, 0.25) is 0 Å². The highest BCUT2D eigenvalue weighted by molar-refractivity contribution is 5.31. The maximum atomic E-state index is 5.62. The predicted molar refractivity (Wildman–Crippen MR) is 55.5 cm³/mol. The Bertz CT molecular complexity index is 448. The van der Waals surface area contributed by atoms with Crippen LogP contribution in [0.25, 0.3) is 5.82 Å². The van der Waals surface area contributed by atoms with Crippen molar-refractivity contribution in [3.8, 4) is 5.82 Å². The maximum absolute atomic E-state index is 5.62. The third kappa shape index (κ3) is 1.93. The van der Waals surface area contributed by atoms with Gasteiger partial charge in [0, 0.05) is 6.07 Å². The molecule has 0 aliphatic carbocycles. The van der Waals surface area contributed by atoms with Gasteiger partial charge < -0.3 is 5.73 Å². The molecule has 0 saturated heterocycles. The van der Waals surface area contributed by atoms with Crippen molar-refractivity contribution in [1.82, 2.24) is 24.7 Å². The lowest BCUT2D eigenvalue weighted by atomic mass is 10.1. The van der Waals surface area contributed by atoms with Crippen molar-refractivity contribution < 1.29 is 0 Å². The summed E-state index contributed by atoms with van der Waals surface area (Å²) < 4.78 is 1.56. The van der Waals surface area contributed by atoms with E-state index >= 15 is 0 Å². The predicted octanol–water partition coefficient (Wildman–Crippen LogP) is 0.763. The van der Waals surface area contributed by atoms with Crippen molar-refractivity contribution in [3.05, 3.63) is 24.4 Å². The summed E-state index contributed by atoms with van der Waals surface area (Å²) in [6.07, 6.45) is 3.03. The van der Waals surface area contributed by atoms with Crippen LogP contribution in [-0.4, -0.2) is 24.7 Å². The highest BCUT2D eigenvalue weighted by Gasteiger charge is 2.07. The maximum Gasteiger partial charge on any atom is 0.222 e. The van der Waals surface area contributed by atoms with E-state index in [4.69, 9.17) is 5.73 Å². The summed E-state index contributed by atoms with van der Waals surface area (Å²) in [5.74, 6) is 1.20. The fourth-order valence-electron chi connectivity index (χ4n) is 1.21. The van der Waals surface area contributed by atoms with Crippen LogP contribution in [-0.2, 0) is 0 Å². The van der Waals surface area contributed by atoms with Gasteiger partial charge in [-0.3, -0.25) is 0 Å². The fourth-order valence-corrected chi connectivity index (χ4v) is 1.21. The Morgan fingerprint density at radius 3 is 2.73 bits per heavy atom. The Morgan fingerprint density at radius 1 is 1.33 bits per heavy atom. The first-order valence-corrected chi connectivity index (χ1v) is 4.66. The van der Waals surface area contributed by atoms with Gasteiger partial charge in [-0.25, -0.2) is 14.6 Å². The highest BCUT2D eigenvalue weighted by Crippen LogP contribution is 2.14. The minimum absolute atomic E-state index is 0.256. The molecule has 0 unspecified atom stereocenters. The first-order chi connectivity index (χ1) is 7.16. The van der Waals surface area contributed by atoms with Crippen molar-refractivity contribution in [2.45, 2.75) is 19.8 Å². The van der Waals surface area contributed by atoms with Crippen LogP contribution in [0.4, 0.5) is 5.95 Å². The molecule has 0 saturated carbocycles. The minimum atomic E-state index is 0.256. The molecule has 0 radical (unpaired) electrons. The summed E-state index contributed by atoms with van der Waals surface area (Å²) in [6, 6.07) is 1.86. The number of hydrogen-bond donors (Lipinski definition) is 1. The Balaban J connectivity index is 2.49. The molecule has 15 heavy (non-hydrogen) atoms. The van der Waals surface area contributed by atoms with E-state index in [1.54, 1.807) is 11.0 Å². The Hall–Kier alpha value is -1.98. The second kappa shape index (κ2) is 3.64. The number of nitrogens with zero attached hydrogens (tertiary/aromatic N) is 5. The number of rotatable bonds is 2. The molecular weight excluding hydrogens is 192 g/mol. The van der Waals surface area contributed by atoms with Gasteiger partial charge in [-0.2, -0.15) is 10.1 Å². The Labute approximate surface area is 87.2 Å². The normalized spacial score (nSPS) is 10.9. The molecule has 2 aromatic heterocycles. The number of nitrogen functional groups attached to an aromatic ring is 1. The second-order valence-electron chi connectivity index (χ2n) is 3.50. The van der Waals surface area contributed by atoms with Gasteiger partial charge in [0.05, 0.1) is 5.69 Å². The summed E-state index contributed by atoms with van der Waals surface area (Å²) in [5, 5.41) is 3.99. The number of nitrogens with two attached hydrogens (primary N) is 1. The van der Waals surface area contributed by atoms with Gasteiger partial charge in [0.15, 0.2) is 5.82 Å². The third-order valence-corrected chi connectivity index (χ3v) is 1.99. The van der Waals surface area contributed by atoms with Crippen molar-refractivity contribution >= 4 is 5.95 Å². The molecule has 2 aromatic rings. The van der Waals surface area contributed by atoms with Gasteiger partial charge in [0.2, 0.25) is 5.95 Å². The van der Waals surface area contributed by atoms with Crippen LogP contribution in [0.15, 0.2) is 18.7 Å². The van der Waals surface area contributed by atoms with E-state index in [9.17, 15) is 0 Å². The summed E-state index contributed by atoms with van der Waals surface area (Å²) in [6.45, 7) is 4.10. The third-order valence-electron chi connectivity index (χ3n) is 1.99. The van der Waals surface area contributed by atoms with Gasteiger partial charge >= 0.3 is 0 Å². The lowest BCUT2D eigenvalue weighted by Crippen LogP contribution is -2.06. The molecule has 2 rings (SSSR count). The van der Waals surface area contributed by atoms with E-state index in [-0.39, 0.29) is 5.95 Å². The molecule has 6 heteroatoms. The molecular formula is C9H12N6. The zero-order valence-corrected chi connectivity index (χ0v) is 8.62. The summed E-state index contributed by atoms with van der Waals surface area (Å²) in [7, 11) is 0. The quantitative estimate of drug-likeness (QED) is 0.781. The number of aromatic nitrogens is 5. The average molecular weight is 204 g/mol. The van der Waals surface area contributed by atoms with Gasteiger partial charge in [-0.15, -0.1) is 0 Å². The van der Waals surface area contributed by atoms with E-state index in [0.717, 1.165) is 5.69 Å². The van der Waals surface area contributed by atoms with E-state index in [2.05, 4.69) is 20.1 Å². The molecule has 0 amide bonds. The van der Waals surface area contributed by atoms with E-state index < -0.39 is 0 Å². The van der Waals surface area contributed by atoms with Crippen LogP contribution in [0.3, 0.4) is 0 Å². The smallest absolute Gasteiger partial charge is 0.222 e. The van der Waals surface area contributed by atoms with Gasteiger partial charge in [0.1, 0.15) is 12.7 Å². The molecule has 0 atom stereocenters. The molecule has 78 valence electrons. The van der Waals surface area contributed by atoms with Crippen molar-refractivity contribution in [1.29, 1.82) is 0 Å². The van der Waals surface area contributed by atoms with Gasteiger partial charge in [-0.05, 0) is 5.92 Å². The molecule has 0 aromatic carbocycles. The highest BCUT2D eigenvalue weighted by atomic mass is 15.3. The summed E-state index contributed by atoms with van der Waals surface area (Å²) in [5.41, 5.74) is 6.52. The zero-order valence-electron chi connectivity index (χ0n) is 8.62. The Kier molecular flexibility index (Phi) is 2.32. The molecule has 0 aliphatic rings. The van der Waals surface area contributed by atoms with Crippen LogP contribution in [0.1, 0.15) is 25.5 Å². The fraction of sp³-hybridized carbons (Fsp3) is 0.333. The average Bonchev–Trinajstić information content (AvgIpc) is 2.69. The van der Waals surface area contributed by atoms with Crippen LogP contribution in [0.5, 0.6) is 0 Å². The molecule has 0 bridgehead atoms. The summed E-state index contributed by atoms with van der Waals surface area (Å²) in [4.78, 5) is 12.1. The van der Waals surface area contributed by atoms with Gasteiger partial charge in [-0.1, -0.05) is 13.8 Å². The molecule has 2 N–H and O–H groups in total. The number of hydrogen-bond acceptors (Lipinski definition) is 5. The molecule has 0 spiro atoms. The van der Waals surface area contributed by atoms with Crippen molar-refractivity contribution in [2.75, 3.05) is 5.73 Å². The number of anilines is 1. The molecule has 0 fully saturated rings. The first kappa shape index (κ1) is 9.57. The minimum Gasteiger partial charge on any atom is -0.368 e.